The fourth-order valence-electron chi connectivity index (χ4n) is 3.86. The fourth-order valence-corrected chi connectivity index (χ4v) is 3.86. The molecule has 0 spiro atoms. The summed E-state index contributed by atoms with van der Waals surface area (Å²) in [5, 5.41) is 10.2. The van der Waals surface area contributed by atoms with Crippen LogP contribution >= 0.6 is 0 Å². The Morgan fingerprint density at radius 1 is 1.29 bits per heavy atom. The molecule has 0 unspecified atom stereocenters. The molecule has 21 heavy (non-hydrogen) atoms. The van der Waals surface area contributed by atoms with Crippen molar-refractivity contribution in [1.29, 1.82) is 0 Å². The molecule has 1 saturated heterocycles. The molecule has 1 aliphatic heterocycles. The molecule has 0 amide bonds. The third-order valence-corrected chi connectivity index (χ3v) is 5.05. The van der Waals surface area contributed by atoms with Gasteiger partial charge in [0.05, 0.1) is 20.3 Å². The predicted molar refractivity (Wildman–Crippen MR) is 82.1 cm³/mol. The number of rotatable bonds is 3. The van der Waals surface area contributed by atoms with Crippen LogP contribution in [-0.4, -0.2) is 50.0 Å². The zero-order valence-electron chi connectivity index (χ0n) is 14.9. The molecular weight excluding hydrogens is 266 g/mol. The minimum Gasteiger partial charge on any atom is -0.493 e. The van der Waals surface area contributed by atoms with E-state index in [9.17, 15) is 5.11 Å². The first kappa shape index (κ1) is 12.3. The zero-order chi connectivity index (χ0) is 16.8. The third kappa shape index (κ3) is 2.30. The molecule has 2 aliphatic rings. The number of aliphatic hydroxyl groups is 1. The van der Waals surface area contributed by atoms with Crippen molar-refractivity contribution >= 4 is 0 Å². The Morgan fingerprint density at radius 2 is 2.05 bits per heavy atom. The summed E-state index contributed by atoms with van der Waals surface area (Å²) in [6.45, 7) is 0.825. The summed E-state index contributed by atoms with van der Waals surface area (Å²) >= 11 is 0. The van der Waals surface area contributed by atoms with E-state index < -0.39 is 12.5 Å². The highest BCUT2D eigenvalue weighted by Gasteiger charge is 2.50. The Labute approximate surface area is 129 Å². The van der Waals surface area contributed by atoms with E-state index in [1.807, 2.05) is 25.2 Å². The molecule has 1 aromatic carbocycles. The van der Waals surface area contributed by atoms with E-state index in [2.05, 4.69) is 4.90 Å². The predicted octanol–water partition coefficient (Wildman–Crippen LogP) is 2.19. The highest BCUT2D eigenvalue weighted by Crippen LogP contribution is 2.49. The van der Waals surface area contributed by atoms with Gasteiger partial charge in [-0.3, -0.25) is 0 Å². The van der Waals surface area contributed by atoms with Crippen molar-refractivity contribution in [3.8, 4) is 11.5 Å². The highest BCUT2D eigenvalue weighted by molar-refractivity contribution is 5.46. The van der Waals surface area contributed by atoms with Crippen LogP contribution < -0.4 is 9.47 Å². The van der Waals surface area contributed by atoms with Crippen LogP contribution in [-0.2, 0) is 5.41 Å². The van der Waals surface area contributed by atoms with Crippen molar-refractivity contribution in [2.45, 2.75) is 43.2 Å². The summed E-state index contributed by atoms with van der Waals surface area (Å²) in [4.78, 5) is 2.05. The van der Waals surface area contributed by atoms with Gasteiger partial charge in [0.25, 0.3) is 0 Å². The van der Waals surface area contributed by atoms with Crippen LogP contribution in [0.5, 0.6) is 11.5 Å². The molecule has 1 saturated carbocycles. The molecule has 3 rings (SSSR count). The molecule has 1 aliphatic carbocycles. The largest absolute Gasteiger partial charge is 0.493 e. The lowest BCUT2D eigenvalue weighted by Gasteiger charge is -2.43. The van der Waals surface area contributed by atoms with Gasteiger partial charge in [0.1, 0.15) is 0 Å². The molecule has 4 nitrogen and oxygen atoms in total. The van der Waals surface area contributed by atoms with Gasteiger partial charge in [-0.2, -0.15) is 0 Å². The minimum absolute atomic E-state index is 0.295. The van der Waals surface area contributed by atoms with Crippen molar-refractivity contribution in [3.63, 3.8) is 0 Å². The highest BCUT2D eigenvalue weighted by atomic mass is 16.5. The fraction of sp³-hybridized carbons (Fsp3) is 0.647. The van der Waals surface area contributed by atoms with Gasteiger partial charge in [-0.25, -0.2) is 0 Å². The number of benzene rings is 1. The summed E-state index contributed by atoms with van der Waals surface area (Å²) in [5.74, 6) is 1.34. The molecule has 1 N–H and O–H groups in total. The van der Waals surface area contributed by atoms with Crippen LogP contribution in [0.4, 0.5) is 0 Å². The number of fused-ring (bicyclic) bond motifs is 1. The molecule has 0 radical (unpaired) electrons. The first-order valence-electron chi connectivity index (χ1n) is 8.47. The van der Waals surface area contributed by atoms with Crippen LogP contribution in [0.25, 0.3) is 0 Å². The van der Waals surface area contributed by atoms with Crippen molar-refractivity contribution in [3.05, 3.63) is 23.8 Å². The Hall–Kier alpha value is -1.26. The number of likely N-dealkylation sites (tertiary alicyclic amines) is 1. The second kappa shape index (κ2) is 5.50. The van der Waals surface area contributed by atoms with Gasteiger partial charge in [-0.05, 0) is 56.9 Å². The van der Waals surface area contributed by atoms with Crippen molar-refractivity contribution in [2.24, 2.45) is 0 Å². The molecule has 2 fully saturated rings. The summed E-state index contributed by atoms with van der Waals surface area (Å²) < 4.78 is 27.7. The molecule has 1 aromatic rings. The number of methoxy groups -OCH3 is 2. The second-order valence-electron chi connectivity index (χ2n) is 6.08. The van der Waals surface area contributed by atoms with Gasteiger partial charge in [0.15, 0.2) is 11.5 Å². The standard InChI is InChI=1S/C17H25NO3/c1-18-9-8-17(7-6-13(19)11-16(17)18)12-4-5-14(20-2)15(10-12)21-3/h4-5,10,13,16,19H,6-9,11H2,1-3H3/t13-,16+,17+/m1/s1/i11D2. The van der Waals surface area contributed by atoms with E-state index in [0.29, 0.717) is 17.9 Å². The van der Waals surface area contributed by atoms with E-state index in [1.54, 1.807) is 14.2 Å². The Morgan fingerprint density at radius 3 is 2.76 bits per heavy atom. The van der Waals surface area contributed by atoms with E-state index in [-0.39, 0.29) is 11.5 Å². The molecule has 0 bridgehead atoms. The average molecular weight is 293 g/mol. The van der Waals surface area contributed by atoms with E-state index in [4.69, 9.17) is 12.2 Å². The second-order valence-corrected chi connectivity index (χ2v) is 6.08. The van der Waals surface area contributed by atoms with Crippen LogP contribution in [0.1, 0.15) is 33.9 Å². The molecule has 116 valence electrons. The van der Waals surface area contributed by atoms with Gasteiger partial charge < -0.3 is 19.5 Å². The number of hydrogen-bond donors (Lipinski definition) is 1. The molecule has 1 heterocycles. The maximum atomic E-state index is 10.2. The van der Waals surface area contributed by atoms with Crippen LogP contribution in [0.3, 0.4) is 0 Å². The summed E-state index contributed by atoms with van der Waals surface area (Å²) in [6, 6.07) is 5.54. The molecular formula is C17H25NO3. The van der Waals surface area contributed by atoms with E-state index in [0.717, 1.165) is 24.9 Å². The van der Waals surface area contributed by atoms with Crippen molar-refractivity contribution < 1.29 is 17.3 Å². The van der Waals surface area contributed by atoms with Crippen LogP contribution in [0.15, 0.2) is 18.2 Å². The molecule has 0 aromatic heterocycles. The average Bonchev–Trinajstić information content (AvgIpc) is 2.90. The normalized spacial score (nSPS) is 36.6. The third-order valence-electron chi connectivity index (χ3n) is 5.05. The Bertz CT molecular complexity index is 595. The topological polar surface area (TPSA) is 41.9 Å². The van der Waals surface area contributed by atoms with E-state index >= 15 is 0 Å². The van der Waals surface area contributed by atoms with Crippen LogP contribution in [0.2, 0.25) is 0 Å². The quantitative estimate of drug-likeness (QED) is 0.927. The first-order chi connectivity index (χ1) is 10.9. The summed E-state index contributed by atoms with van der Waals surface area (Å²) in [5.41, 5.74) is 0.775. The van der Waals surface area contributed by atoms with Gasteiger partial charge in [0.2, 0.25) is 0 Å². The molecule has 4 heteroatoms. The monoisotopic (exact) mass is 293 g/mol. The minimum atomic E-state index is -1.63. The number of ether oxygens (including phenoxy) is 2. The van der Waals surface area contributed by atoms with Crippen LogP contribution in [0, 0.1) is 0 Å². The first-order valence-corrected chi connectivity index (χ1v) is 7.47. The van der Waals surface area contributed by atoms with Crippen molar-refractivity contribution in [1.82, 2.24) is 4.90 Å². The van der Waals surface area contributed by atoms with Gasteiger partial charge in [-0.1, -0.05) is 6.07 Å². The lowest BCUT2D eigenvalue weighted by molar-refractivity contribution is 0.0566. The summed E-state index contributed by atoms with van der Waals surface area (Å²) in [7, 11) is 5.17. The Balaban J connectivity index is 2.09. The van der Waals surface area contributed by atoms with E-state index in [1.165, 1.54) is 0 Å². The summed E-state index contributed by atoms with van der Waals surface area (Å²) in [6.07, 6.45) is -0.405. The van der Waals surface area contributed by atoms with Crippen molar-refractivity contribution in [2.75, 3.05) is 27.8 Å². The zero-order valence-corrected chi connectivity index (χ0v) is 12.9. The van der Waals surface area contributed by atoms with Gasteiger partial charge in [-0.15, -0.1) is 0 Å². The maximum absolute atomic E-state index is 10.2. The number of nitrogens with zero attached hydrogens (tertiary/aromatic N) is 1. The lowest BCUT2D eigenvalue weighted by Crippen LogP contribution is -2.47. The SMILES string of the molecule is [2H]C1([2H])[C@H](O)CC[C@@]2(c3ccc(OC)c(OC)c3)CCN(C)[C@@H]12. The number of likely N-dealkylation sites (N-methyl/N-ethyl adjacent to an activating group) is 1. The number of aliphatic hydroxyl groups excluding tert-OH is 1. The van der Waals surface area contributed by atoms with Gasteiger partial charge in [0, 0.05) is 14.2 Å². The molecule has 3 atom stereocenters. The Kier molecular flexibility index (Phi) is 3.22. The number of hydrogen-bond acceptors (Lipinski definition) is 4. The smallest absolute Gasteiger partial charge is 0.161 e. The van der Waals surface area contributed by atoms with Gasteiger partial charge >= 0.3 is 0 Å². The lowest BCUT2D eigenvalue weighted by atomic mass is 9.65. The maximum Gasteiger partial charge on any atom is 0.161 e.